The van der Waals surface area contributed by atoms with Gasteiger partial charge < -0.3 is 33.9 Å². The quantitative estimate of drug-likeness (QED) is 0.183. The number of carbonyl (C=O) groups is 1. The van der Waals surface area contributed by atoms with E-state index in [2.05, 4.69) is 119 Å². The van der Waals surface area contributed by atoms with Gasteiger partial charge in [0.2, 0.25) is 5.91 Å². The number of rotatable bonds is 9. The topological polar surface area (TPSA) is 46.9 Å². The summed E-state index contributed by atoms with van der Waals surface area (Å²) >= 11 is 0. The third-order valence-electron chi connectivity index (χ3n) is 7.37. The van der Waals surface area contributed by atoms with Crippen molar-refractivity contribution in [2.45, 2.75) is 26.1 Å². The minimum Gasteiger partial charge on any atom is -1.00 e. The van der Waals surface area contributed by atoms with Crippen molar-refractivity contribution >= 4 is 41.2 Å². The first-order valence-corrected chi connectivity index (χ1v) is 15.7. The number of carbonyl (C=O) groups excluding carboxylic acids is 1. The van der Waals surface area contributed by atoms with Crippen LogP contribution in [-0.2, 0) is 23.9 Å². The molecule has 1 heterocycles. The molecule has 6 rings (SSSR count). The van der Waals surface area contributed by atoms with Crippen LogP contribution in [0.2, 0.25) is 0 Å². The summed E-state index contributed by atoms with van der Waals surface area (Å²) in [4.78, 5) is 16.7. The Bertz CT molecular complexity index is 1720. The molecular formula is C36H33IN3OP. The average Bonchev–Trinajstić information content (AvgIpc) is 3.38. The van der Waals surface area contributed by atoms with Gasteiger partial charge in [-0.3, -0.25) is 4.79 Å². The Balaban J connectivity index is 0.00000353. The van der Waals surface area contributed by atoms with Crippen LogP contribution < -0.4 is 39.9 Å². The molecule has 42 heavy (non-hydrogen) atoms. The van der Waals surface area contributed by atoms with Crippen LogP contribution in [-0.4, -0.2) is 15.5 Å². The van der Waals surface area contributed by atoms with Gasteiger partial charge in [-0.05, 0) is 78.2 Å². The van der Waals surface area contributed by atoms with Crippen LogP contribution in [0, 0.1) is 0 Å². The number of imidazole rings is 1. The number of fused-ring (bicyclic) bond motifs is 1. The average molecular weight is 682 g/mol. The van der Waals surface area contributed by atoms with Gasteiger partial charge in [-0.15, -0.1) is 0 Å². The monoisotopic (exact) mass is 681 g/mol. The highest BCUT2D eigenvalue weighted by atomic mass is 127. The Morgan fingerprint density at radius 3 is 1.93 bits per heavy atom. The van der Waals surface area contributed by atoms with E-state index in [1.165, 1.54) is 28.7 Å². The number of anilines is 1. The lowest BCUT2D eigenvalue weighted by Crippen LogP contribution is -3.00. The highest BCUT2D eigenvalue weighted by Gasteiger charge is 2.23. The molecule has 0 saturated carbocycles. The number of aryl methyl sites for hydroxylation is 2. The van der Waals surface area contributed by atoms with Crippen molar-refractivity contribution < 1.29 is 28.8 Å². The minimum absolute atomic E-state index is 0. The van der Waals surface area contributed by atoms with Gasteiger partial charge in [0.1, 0.15) is 5.82 Å². The maximum Gasteiger partial charge on any atom is 0.221 e. The fourth-order valence-electron chi connectivity index (χ4n) is 5.38. The summed E-state index contributed by atoms with van der Waals surface area (Å²) < 4.78 is 2.33. The highest BCUT2D eigenvalue weighted by molar-refractivity contribution is 7.72. The van der Waals surface area contributed by atoms with Gasteiger partial charge in [0.15, 0.2) is 0 Å². The molecule has 6 heteroatoms. The van der Waals surface area contributed by atoms with Crippen LogP contribution in [0.3, 0.4) is 0 Å². The summed E-state index contributed by atoms with van der Waals surface area (Å²) in [5.74, 6) is 0.867. The summed E-state index contributed by atoms with van der Waals surface area (Å²) in [5, 5.41) is 5.69. The largest absolute Gasteiger partial charge is 1.00 e. The van der Waals surface area contributed by atoms with Crippen LogP contribution >= 0.6 is 7.92 Å². The zero-order chi connectivity index (χ0) is 28.0. The lowest BCUT2D eigenvalue weighted by atomic mass is 10.1. The lowest BCUT2D eigenvalue weighted by molar-refractivity contribution is -0.114. The fourth-order valence-corrected chi connectivity index (χ4v) is 7.94. The number of nitrogens with zero attached hydrogens (tertiary/aromatic N) is 2. The van der Waals surface area contributed by atoms with Crippen molar-refractivity contribution in [1.29, 1.82) is 0 Å². The van der Waals surface area contributed by atoms with Crippen LogP contribution in [0.1, 0.15) is 18.1 Å². The van der Waals surface area contributed by atoms with E-state index in [1.807, 2.05) is 24.3 Å². The molecule has 0 unspecified atom stereocenters. The maximum atomic E-state index is 11.5. The summed E-state index contributed by atoms with van der Waals surface area (Å²) in [7, 11) is -1.00. The number of halogens is 1. The summed E-state index contributed by atoms with van der Waals surface area (Å²) in [6.45, 7) is 2.35. The predicted octanol–water partition coefficient (Wildman–Crippen LogP) is 4.27. The van der Waals surface area contributed by atoms with Gasteiger partial charge in [-0.1, -0.05) is 72.8 Å². The molecule has 210 valence electrons. The molecule has 6 aromatic rings. The van der Waals surface area contributed by atoms with E-state index in [1.54, 1.807) is 0 Å². The Hall–Kier alpha value is -3.80. The SMILES string of the molecule is CC(=O)Nc1ccc(-c2nc3cc(C[PH+](c4ccccc4)c4ccccc4)ccc3n2CCc2ccccc2)cc1.[I-]. The van der Waals surface area contributed by atoms with E-state index < -0.39 is 7.92 Å². The molecule has 0 aliphatic carbocycles. The van der Waals surface area contributed by atoms with E-state index in [4.69, 9.17) is 4.98 Å². The fraction of sp³-hybridized carbons (Fsp3) is 0.111. The molecule has 5 aromatic carbocycles. The number of hydrogen-bond acceptors (Lipinski definition) is 2. The smallest absolute Gasteiger partial charge is 0.221 e. The van der Waals surface area contributed by atoms with Gasteiger partial charge in [0.05, 0.1) is 35.7 Å². The van der Waals surface area contributed by atoms with E-state index in [9.17, 15) is 4.79 Å². The zero-order valence-corrected chi connectivity index (χ0v) is 26.7. The second kappa shape index (κ2) is 13.9. The van der Waals surface area contributed by atoms with E-state index in [-0.39, 0.29) is 29.9 Å². The Labute approximate surface area is 265 Å². The Morgan fingerprint density at radius 1 is 0.738 bits per heavy atom. The van der Waals surface area contributed by atoms with Crippen molar-refractivity contribution in [3.05, 3.63) is 145 Å². The van der Waals surface area contributed by atoms with E-state index in [0.29, 0.717) is 0 Å². The summed E-state index contributed by atoms with van der Waals surface area (Å²) in [5.41, 5.74) is 6.57. The van der Waals surface area contributed by atoms with Gasteiger partial charge >= 0.3 is 0 Å². The number of aromatic nitrogens is 2. The normalized spacial score (nSPS) is 10.9. The molecule has 0 saturated heterocycles. The third-order valence-corrected chi connectivity index (χ3v) is 10.2. The molecule has 1 N–H and O–H groups in total. The molecule has 0 bridgehead atoms. The zero-order valence-electron chi connectivity index (χ0n) is 23.5. The maximum absolute atomic E-state index is 11.5. The molecule has 4 nitrogen and oxygen atoms in total. The Kier molecular flexibility index (Phi) is 9.83. The number of amides is 1. The first-order valence-electron chi connectivity index (χ1n) is 14.0. The molecule has 0 aliphatic heterocycles. The van der Waals surface area contributed by atoms with Crippen molar-refractivity contribution in [2.24, 2.45) is 0 Å². The second-order valence-corrected chi connectivity index (χ2v) is 12.8. The first-order chi connectivity index (χ1) is 20.1. The van der Waals surface area contributed by atoms with Crippen LogP contribution in [0.25, 0.3) is 22.4 Å². The standard InChI is InChI=1S/C36H32N3OP.HI/c1-27(40)37-31-20-18-30(19-21-31)36-38-34-25-29(17-22-35(34)39(36)24-23-28-11-5-2-6-12-28)26-41(32-13-7-3-8-14-32)33-15-9-4-10-16-33;/h2-22,25H,23-24,26H2,1H3,(H,37,40);1H. The van der Waals surface area contributed by atoms with Crippen molar-refractivity contribution in [3.8, 4) is 11.4 Å². The van der Waals surface area contributed by atoms with Crippen molar-refractivity contribution in [3.63, 3.8) is 0 Å². The van der Waals surface area contributed by atoms with E-state index >= 15 is 0 Å². The van der Waals surface area contributed by atoms with Crippen molar-refractivity contribution in [2.75, 3.05) is 5.32 Å². The van der Waals surface area contributed by atoms with Crippen molar-refractivity contribution in [1.82, 2.24) is 9.55 Å². The van der Waals surface area contributed by atoms with Crippen LogP contribution in [0.5, 0.6) is 0 Å². The van der Waals surface area contributed by atoms with Gasteiger partial charge in [0.25, 0.3) is 0 Å². The molecule has 0 atom stereocenters. The van der Waals surface area contributed by atoms with E-state index in [0.717, 1.165) is 47.2 Å². The van der Waals surface area contributed by atoms with Gasteiger partial charge in [0, 0.05) is 24.7 Å². The number of hydrogen-bond donors (Lipinski definition) is 1. The second-order valence-electron chi connectivity index (χ2n) is 10.3. The lowest BCUT2D eigenvalue weighted by Gasteiger charge is -2.12. The molecule has 0 aliphatic rings. The minimum atomic E-state index is -1.00. The molecule has 0 radical (unpaired) electrons. The van der Waals surface area contributed by atoms with Gasteiger partial charge in [-0.2, -0.15) is 0 Å². The summed E-state index contributed by atoms with van der Waals surface area (Å²) in [6, 6.07) is 47.2. The van der Waals surface area contributed by atoms with Crippen LogP contribution in [0.4, 0.5) is 5.69 Å². The highest BCUT2D eigenvalue weighted by Crippen LogP contribution is 2.38. The summed E-state index contributed by atoms with van der Waals surface area (Å²) in [6.07, 6.45) is 1.91. The predicted molar refractivity (Wildman–Crippen MR) is 174 cm³/mol. The molecule has 1 amide bonds. The molecular weight excluding hydrogens is 648 g/mol. The molecule has 0 fully saturated rings. The third kappa shape index (κ3) is 6.97. The van der Waals surface area contributed by atoms with Crippen LogP contribution in [0.15, 0.2) is 133 Å². The number of benzene rings is 5. The molecule has 1 aromatic heterocycles. The first kappa shape index (κ1) is 29.7. The molecule has 0 spiro atoms. The van der Waals surface area contributed by atoms with Gasteiger partial charge in [-0.25, -0.2) is 4.98 Å². The Morgan fingerprint density at radius 2 is 1.33 bits per heavy atom. The number of nitrogens with one attached hydrogen (secondary N) is 1.